The molecule has 1 aromatic rings. The molecule has 0 bridgehead atoms. The minimum atomic E-state index is -0.602. The van der Waals surface area contributed by atoms with E-state index in [0.717, 1.165) is 4.47 Å². The highest BCUT2D eigenvalue weighted by molar-refractivity contribution is 9.10. The first kappa shape index (κ1) is 12.9. The first-order chi connectivity index (χ1) is 7.29. The molecule has 0 fully saturated rings. The van der Waals surface area contributed by atoms with Crippen molar-refractivity contribution in [3.05, 3.63) is 34.3 Å². The van der Waals surface area contributed by atoms with Crippen LogP contribution in [0.25, 0.3) is 0 Å². The maximum Gasteiger partial charge on any atom is 0.357 e. The summed E-state index contributed by atoms with van der Waals surface area (Å²) in [6.07, 6.45) is 0. The first-order valence-electron chi connectivity index (χ1n) is 4.87. The number of halogens is 1. The third-order valence-corrected chi connectivity index (χ3v) is 2.26. The third-order valence-electron chi connectivity index (χ3n) is 1.74. The second-order valence-electron chi connectivity index (χ2n) is 4.38. The lowest BCUT2D eigenvalue weighted by atomic mass is 10.1. The molecule has 0 unspecified atom stereocenters. The number of hydrogen-bond acceptors (Lipinski definition) is 3. The molecule has 0 saturated heterocycles. The van der Waals surface area contributed by atoms with Crippen LogP contribution in [0.3, 0.4) is 0 Å². The van der Waals surface area contributed by atoms with Crippen molar-refractivity contribution in [1.29, 1.82) is 5.41 Å². The average Bonchev–Trinajstić information content (AvgIpc) is 2.15. The minimum Gasteiger partial charge on any atom is -0.455 e. The average molecular weight is 284 g/mol. The lowest BCUT2D eigenvalue weighted by molar-refractivity contribution is -0.146. The Morgan fingerprint density at radius 2 is 1.75 bits per heavy atom. The molecule has 4 heteroatoms. The largest absolute Gasteiger partial charge is 0.455 e. The smallest absolute Gasteiger partial charge is 0.357 e. The van der Waals surface area contributed by atoms with Gasteiger partial charge in [0.05, 0.1) is 0 Å². The SMILES string of the molecule is CC(C)(C)OC(=O)C(=N)c1ccc(Br)cc1. The van der Waals surface area contributed by atoms with Gasteiger partial charge in [-0.25, -0.2) is 4.79 Å². The summed E-state index contributed by atoms with van der Waals surface area (Å²) < 4.78 is 6.02. The summed E-state index contributed by atoms with van der Waals surface area (Å²) >= 11 is 3.29. The zero-order valence-electron chi connectivity index (χ0n) is 9.50. The van der Waals surface area contributed by atoms with Gasteiger partial charge in [-0.3, -0.25) is 5.41 Å². The monoisotopic (exact) mass is 283 g/mol. The van der Waals surface area contributed by atoms with Gasteiger partial charge < -0.3 is 4.74 Å². The van der Waals surface area contributed by atoms with Gasteiger partial charge in [-0.1, -0.05) is 28.1 Å². The predicted octanol–water partition coefficient (Wildman–Crippen LogP) is 3.16. The topological polar surface area (TPSA) is 50.2 Å². The van der Waals surface area contributed by atoms with Crippen LogP contribution in [0.15, 0.2) is 28.7 Å². The Kier molecular flexibility index (Phi) is 3.86. The van der Waals surface area contributed by atoms with E-state index in [1.165, 1.54) is 0 Å². The molecule has 1 aromatic carbocycles. The van der Waals surface area contributed by atoms with Gasteiger partial charge in [-0.15, -0.1) is 0 Å². The Hall–Kier alpha value is -1.16. The molecule has 16 heavy (non-hydrogen) atoms. The maximum atomic E-state index is 11.6. The van der Waals surface area contributed by atoms with Crippen LogP contribution in [0, 0.1) is 5.41 Å². The number of ether oxygens (including phenoxy) is 1. The van der Waals surface area contributed by atoms with Crippen molar-refractivity contribution in [3.63, 3.8) is 0 Å². The summed E-state index contributed by atoms with van der Waals surface area (Å²) in [5.74, 6) is -0.602. The Bertz CT molecular complexity index is 404. The van der Waals surface area contributed by atoms with E-state index in [9.17, 15) is 4.79 Å². The zero-order valence-corrected chi connectivity index (χ0v) is 11.1. The van der Waals surface area contributed by atoms with E-state index < -0.39 is 11.6 Å². The van der Waals surface area contributed by atoms with Crippen molar-refractivity contribution in [3.8, 4) is 0 Å². The zero-order chi connectivity index (χ0) is 12.3. The summed E-state index contributed by atoms with van der Waals surface area (Å²) in [6, 6.07) is 6.98. The second-order valence-corrected chi connectivity index (χ2v) is 5.30. The van der Waals surface area contributed by atoms with Gasteiger partial charge in [0.25, 0.3) is 0 Å². The highest BCUT2D eigenvalue weighted by Crippen LogP contribution is 2.13. The van der Waals surface area contributed by atoms with Gasteiger partial charge in [0.15, 0.2) is 0 Å². The number of hydrogen-bond donors (Lipinski definition) is 1. The minimum absolute atomic E-state index is 0.123. The molecule has 0 aliphatic heterocycles. The van der Waals surface area contributed by atoms with Crippen molar-refractivity contribution in [1.82, 2.24) is 0 Å². The molecule has 0 saturated carbocycles. The number of carbonyl (C=O) groups is 1. The molecular weight excluding hydrogens is 270 g/mol. The van der Waals surface area contributed by atoms with Crippen molar-refractivity contribution >= 4 is 27.6 Å². The van der Waals surface area contributed by atoms with E-state index in [4.69, 9.17) is 10.1 Å². The van der Waals surface area contributed by atoms with Gasteiger partial charge in [0.1, 0.15) is 11.3 Å². The van der Waals surface area contributed by atoms with Crippen LogP contribution in [0.5, 0.6) is 0 Å². The van der Waals surface area contributed by atoms with Crippen molar-refractivity contribution in [2.75, 3.05) is 0 Å². The molecule has 0 radical (unpaired) electrons. The van der Waals surface area contributed by atoms with Crippen molar-refractivity contribution < 1.29 is 9.53 Å². The molecule has 1 rings (SSSR count). The van der Waals surface area contributed by atoms with Gasteiger partial charge in [-0.2, -0.15) is 0 Å². The van der Waals surface area contributed by atoms with E-state index in [0.29, 0.717) is 5.56 Å². The Morgan fingerprint density at radius 3 is 2.19 bits per heavy atom. The van der Waals surface area contributed by atoms with Crippen molar-refractivity contribution in [2.45, 2.75) is 26.4 Å². The fourth-order valence-corrected chi connectivity index (χ4v) is 1.33. The van der Waals surface area contributed by atoms with Crippen LogP contribution in [0.2, 0.25) is 0 Å². The third kappa shape index (κ3) is 3.77. The number of carbonyl (C=O) groups excluding carboxylic acids is 1. The summed E-state index contributed by atoms with van der Waals surface area (Å²) in [6.45, 7) is 5.33. The van der Waals surface area contributed by atoms with Crippen LogP contribution in [0.1, 0.15) is 26.3 Å². The predicted molar refractivity (Wildman–Crippen MR) is 66.8 cm³/mol. The summed E-state index contributed by atoms with van der Waals surface area (Å²) in [5.41, 5.74) is -0.140. The first-order valence-corrected chi connectivity index (χ1v) is 5.67. The lowest BCUT2D eigenvalue weighted by Crippen LogP contribution is -2.28. The second kappa shape index (κ2) is 4.78. The molecule has 86 valence electrons. The van der Waals surface area contributed by atoms with Crippen molar-refractivity contribution in [2.24, 2.45) is 0 Å². The Balaban J connectivity index is 2.79. The molecule has 0 amide bonds. The van der Waals surface area contributed by atoms with Crippen LogP contribution in [-0.2, 0) is 9.53 Å². The molecule has 0 aliphatic rings. The fraction of sp³-hybridized carbons (Fsp3) is 0.333. The summed E-state index contributed by atoms with van der Waals surface area (Å²) in [5, 5.41) is 7.70. The van der Waals surface area contributed by atoms with E-state index in [2.05, 4.69) is 15.9 Å². The van der Waals surface area contributed by atoms with Gasteiger partial charge in [-0.05, 0) is 32.9 Å². The van der Waals surface area contributed by atoms with Crippen LogP contribution in [0.4, 0.5) is 0 Å². The number of esters is 1. The molecule has 0 aliphatic carbocycles. The Morgan fingerprint density at radius 1 is 1.25 bits per heavy atom. The van der Waals surface area contributed by atoms with E-state index in [-0.39, 0.29) is 5.71 Å². The highest BCUT2D eigenvalue weighted by atomic mass is 79.9. The van der Waals surface area contributed by atoms with Crippen LogP contribution < -0.4 is 0 Å². The molecular formula is C12H14BrNO2. The van der Waals surface area contributed by atoms with Gasteiger partial charge in [0.2, 0.25) is 0 Å². The quantitative estimate of drug-likeness (QED) is 0.670. The fourth-order valence-electron chi connectivity index (χ4n) is 1.06. The molecule has 0 aromatic heterocycles. The lowest BCUT2D eigenvalue weighted by Gasteiger charge is -2.19. The molecule has 3 nitrogen and oxygen atoms in total. The maximum absolute atomic E-state index is 11.6. The van der Waals surface area contributed by atoms with Gasteiger partial charge >= 0.3 is 5.97 Å². The molecule has 0 atom stereocenters. The molecule has 1 N–H and O–H groups in total. The van der Waals surface area contributed by atoms with E-state index >= 15 is 0 Å². The van der Waals surface area contributed by atoms with Gasteiger partial charge in [0, 0.05) is 10.0 Å². The number of rotatable bonds is 2. The molecule has 0 spiro atoms. The Labute approximate surface area is 103 Å². The number of benzene rings is 1. The van der Waals surface area contributed by atoms with E-state index in [1.54, 1.807) is 45.0 Å². The molecule has 0 heterocycles. The normalized spacial score (nSPS) is 11.0. The summed E-state index contributed by atoms with van der Waals surface area (Å²) in [7, 11) is 0. The van der Waals surface area contributed by atoms with Crippen LogP contribution in [-0.4, -0.2) is 17.3 Å². The highest BCUT2D eigenvalue weighted by Gasteiger charge is 2.20. The van der Waals surface area contributed by atoms with E-state index in [1.807, 2.05) is 0 Å². The van der Waals surface area contributed by atoms with Crippen LogP contribution >= 0.6 is 15.9 Å². The standard InChI is InChI=1S/C12H14BrNO2/c1-12(2,3)16-11(15)10(14)8-4-6-9(13)7-5-8/h4-7,14H,1-3H3. The summed E-state index contributed by atoms with van der Waals surface area (Å²) in [4.78, 5) is 11.6. The number of nitrogens with one attached hydrogen (secondary N) is 1.